The van der Waals surface area contributed by atoms with Gasteiger partial charge in [0.15, 0.2) is 17.1 Å². The smallest absolute Gasteiger partial charge is 0.508 e. The van der Waals surface area contributed by atoms with E-state index in [4.69, 9.17) is 24.5 Å². The number of likely N-dealkylation sites (tertiary alicyclic amines) is 4. The molecule has 6 fully saturated rings. The third-order valence-corrected chi connectivity index (χ3v) is 26.1. The molecule has 634 valence electrons. The first-order valence-corrected chi connectivity index (χ1v) is 40.8. The molecule has 0 spiro atoms. The number of amides is 4. The van der Waals surface area contributed by atoms with Gasteiger partial charge in [0.1, 0.15) is 17.2 Å². The Labute approximate surface area is 676 Å². The summed E-state index contributed by atoms with van der Waals surface area (Å²) < 4.78 is 222. The van der Waals surface area contributed by atoms with Crippen molar-refractivity contribution in [3.63, 3.8) is 0 Å². The fourth-order valence-corrected chi connectivity index (χ4v) is 20.5. The second-order valence-corrected chi connectivity index (χ2v) is 33.4. The summed E-state index contributed by atoms with van der Waals surface area (Å²) >= 11 is 0. The lowest BCUT2D eigenvalue weighted by atomic mass is 9.88. The number of hydrogen-bond acceptors (Lipinski definition) is 11. The molecule has 4 amide bonds. The first-order chi connectivity index (χ1) is 56.3. The van der Waals surface area contributed by atoms with Crippen LogP contribution in [0, 0.1) is 19.7 Å². The second-order valence-electron chi connectivity index (χ2n) is 31.9. The maximum atomic E-state index is 12.8. The van der Waals surface area contributed by atoms with Gasteiger partial charge in [-0.1, -0.05) is 89.5 Å². The molecule has 6 saturated heterocycles. The number of benzene rings is 6. The lowest BCUT2D eigenvalue weighted by Crippen LogP contribution is -2.51. The van der Waals surface area contributed by atoms with Gasteiger partial charge < -0.3 is 44.3 Å². The quantitative estimate of drug-likeness (QED) is 0.0661. The lowest BCUT2D eigenvalue weighted by molar-refractivity contribution is -0.189. The van der Waals surface area contributed by atoms with Crippen LogP contribution in [0.25, 0.3) is 14.5 Å². The summed E-state index contributed by atoms with van der Waals surface area (Å²) in [4.78, 5) is 60.5. The van der Waals surface area contributed by atoms with Crippen molar-refractivity contribution in [3.05, 3.63) is 210 Å². The molecule has 6 aromatic rings. The molecular weight excluding hydrogens is 1610 g/mol. The third kappa shape index (κ3) is 18.5. The van der Waals surface area contributed by atoms with Crippen LogP contribution in [0.3, 0.4) is 0 Å². The first-order valence-electron chi connectivity index (χ1n) is 39.4. The van der Waals surface area contributed by atoms with E-state index in [0.717, 1.165) is 122 Å². The van der Waals surface area contributed by atoms with E-state index in [-0.39, 0.29) is 68.6 Å². The van der Waals surface area contributed by atoms with Crippen LogP contribution in [0.2, 0.25) is 0 Å². The number of phenolic OH excluding ortho intramolecular Hbond substituents is 1. The van der Waals surface area contributed by atoms with E-state index >= 15 is 0 Å². The van der Waals surface area contributed by atoms with Crippen LogP contribution in [0.4, 0.5) is 82.9 Å². The van der Waals surface area contributed by atoms with E-state index in [1.165, 1.54) is 60.1 Å². The van der Waals surface area contributed by atoms with Gasteiger partial charge in [-0.05, 0) is 227 Å². The number of ether oxygens (including phenoxy) is 1. The lowest BCUT2D eigenvalue weighted by Gasteiger charge is -2.38. The molecule has 18 rings (SSSR count). The third-order valence-electron chi connectivity index (χ3n) is 25.2. The highest BCUT2D eigenvalue weighted by atomic mass is 32.2. The Hall–Kier alpha value is -10.1. The van der Waals surface area contributed by atoms with Crippen LogP contribution in [0.1, 0.15) is 179 Å². The highest BCUT2D eigenvalue weighted by Crippen LogP contribution is 2.51. The van der Waals surface area contributed by atoms with Crippen molar-refractivity contribution in [1.82, 2.24) is 30.2 Å². The van der Waals surface area contributed by atoms with E-state index in [1.807, 2.05) is 30.3 Å². The Morgan fingerprint density at radius 2 is 0.664 bits per heavy atom. The Balaban J connectivity index is 0.000000125. The van der Waals surface area contributed by atoms with Gasteiger partial charge in [0, 0.05) is 86.1 Å². The number of halogens is 15. The van der Waals surface area contributed by atoms with Crippen LogP contribution in [-0.4, -0.2) is 170 Å². The van der Waals surface area contributed by atoms with Gasteiger partial charge in [0.05, 0.1) is 26.8 Å². The Kier molecular flexibility index (Phi) is 25.2. The van der Waals surface area contributed by atoms with Crippen molar-refractivity contribution in [2.24, 2.45) is 0 Å². The molecule has 6 aromatic carbocycles. The normalized spacial score (nSPS) is 25.1. The molecule has 6 aliphatic heterocycles. The molecule has 6 heterocycles. The van der Waals surface area contributed by atoms with E-state index in [9.17, 15) is 98.6 Å². The summed E-state index contributed by atoms with van der Waals surface area (Å²) in [7, 11) is -4.29. The SMILES string of the molecule is COc1ccc2c(c1)[C@H]1CCCN(C(=O)C(F)(F)F)[C@H]1C2.O=C(N1CCC[C@@H]2c3cc(O)ccc3C[C@@H]21)C(F)(F)F.O=C(N1CCC[C@@H]2c3cc(OS(=O)(=O)C(F)(F)F)ccc3C[C@@H]21)C(F)(F)F.[C-]#[N+]c1ccc2c(c1)[C@H]1CCCN(C(=O)C(F)(F)F)[C@H]1C2.[C-]#[N+]c1ccc2c(c1)[C@H]1CCCN[C@H]1C2.[C-]#[N+]c1ccc2c(c1)[C@H]1CCCN[C@H]1C2. The molecule has 6 aliphatic carbocycles. The largest absolute Gasteiger partial charge is 0.534 e. The zero-order valence-electron chi connectivity index (χ0n) is 64.2. The standard InChI is InChI=1S/C15H13F6NO4S.C15H13F3N2O.C15H16F3NO2.C14H14F3NO2.2C13H14N2/c16-14(17,18)13(23)22-5-1-2-10-11-7-9(4-3-8(11)6-12(10)22)26-27(24,25)15(19,20)21;1-19-10-5-4-9-7-13-11(12(9)8-10)3-2-6-20(13)14(21)15(16,17)18;1-21-10-5-4-9-7-13-11(12(9)8-10)3-2-6-19(13)14(20)15(16,17)18;15-14(16,17)13(20)18-5-1-2-10-11-7-9(19)4-3-8(11)6-12(10)18;2*1-14-10-5-4-9-7-13-11(12(9)8-10)3-2-6-15-13/h3-4,7,10,12H,1-2,5-6H2;4-5,8,11,13H,2-3,6-7H2;4-5,8,11,13H,2-3,6-7H2,1H3;3-4,7,10,12,19H,1-2,5-6H2;2*4-5,8,11,13,15H,2-3,6-7H2/t10-,12+;2*11-,13+;10-,12+;2*11-,13+/m111111/s1. The number of methoxy groups -OCH3 is 1. The van der Waals surface area contributed by atoms with Gasteiger partial charge in [-0.3, -0.25) is 19.2 Å². The van der Waals surface area contributed by atoms with Crippen molar-refractivity contribution >= 4 is 50.8 Å². The maximum absolute atomic E-state index is 12.8. The molecule has 34 heteroatoms. The monoisotopic (exact) mass is 1690 g/mol. The van der Waals surface area contributed by atoms with Crippen LogP contribution in [-0.2, 0) is 67.8 Å². The molecule has 12 atom stereocenters. The summed E-state index contributed by atoms with van der Waals surface area (Å²) in [6.07, 6.45) is -5.83. The molecular formula is C85H84F15N9O9S. The maximum Gasteiger partial charge on any atom is 0.534 e. The molecule has 119 heavy (non-hydrogen) atoms. The predicted molar refractivity (Wildman–Crippen MR) is 405 cm³/mol. The fourth-order valence-electron chi connectivity index (χ4n) is 20.0. The molecule has 0 unspecified atom stereocenters. The number of aromatic hydroxyl groups is 1. The highest BCUT2D eigenvalue weighted by Gasteiger charge is 2.55. The van der Waals surface area contributed by atoms with Gasteiger partial charge in [-0.25, -0.2) is 14.5 Å². The molecule has 3 N–H and O–H groups in total. The van der Waals surface area contributed by atoms with Crippen molar-refractivity contribution in [2.75, 3.05) is 46.4 Å². The van der Waals surface area contributed by atoms with E-state index < -0.39 is 93.8 Å². The van der Waals surface area contributed by atoms with Crippen LogP contribution < -0.4 is 19.6 Å². The topological polar surface area (TPSA) is 191 Å². The summed E-state index contributed by atoms with van der Waals surface area (Å²) in [6, 6.07) is 30.7. The number of piperidine rings is 6. The predicted octanol–water partition coefficient (Wildman–Crippen LogP) is 17.3. The molecule has 0 radical (unpaired) electrons. The number of rotatable bonds is 3. The number of phenols is 1. The number of fused-ring (bicyclic) bond motifs is 18. The number of nitrogens with one attached hydrogen (secondary N) is 2. The number of hydrogen-bond donors (Lipinski definition) is 3. The van der Waals surface area contributed by atoms with Crippen LogP contribution in [0.15, 0.2) is 109 Å². The minimum Gasteiger partial charge on any atom is -0.508 e. The summed E-state index contributed by atoms with van der Waals surface area (Å²) in [5, 5.41) is 16.7. The van der Waals surface area contributed by atoms with E-state index in [0.29, 0.717) is 91.4 Å². The van der Waals surface area contributed by atoms with Gasteiger partial charge >= 0.3 is 64.0 Å². The Morgan fingerprint density at radius 1 is 0.387 bits per heavy atom. The number of alkyl halides is 15. The molecule has 18 nitrogen and oxygen atoms in total. The van der Waals surface area contributed by atoms with Gasteiger partial charge in [0.2, 0.25) is 0 Å². The van der Waals surface area contributed by atoms with Crippen molar-refractivity contribution < 1.29 is 107 Å². The average molecular weight is 1690 g/mol. The van der Waals surface area contributed by atoms with Gasteiger partial charge in [-0.2, -0.15) is 74.3 Å². The minimum absolute atomic E-state index is 0.0184. The Bertz CT molecular complexity index is 5010. The van der Waals surface area contributed by atoms with E-state index in [1.54, 1.807) is 37.4 Å². The highest BCUT2D eigenvalue weighted by molar-refractivity contribution is 7.88. The zero-order valence-corrected chi connectivity index (χ0v) is 65.0. The molecule has 0 bridgehead atoms. The van der Waals surface area contributed by atoms with E-state index in [2.05, 4.69) is 53.6 Å². The molecule has 0 aromatic heterocycles. The van der Waals surface area contributed by atoms with Gasteiger partial charge in [-0.15, -0.1) is 0 Å². The average Bonchev–Trinajstić information content (AvgIpc) is 1.62. The minimum atomic E-state index is -5.85. The molecule has 0 saturated carbocycles. The summed E-state index contributed by atoms with van der Waals surface area (Å²) in [5.74, 6) is -6.32. The van der Waals surface area contributed by atoms with Gasteiger partial charge in [0.25, 0.3) is 0 Å². The number of carbonyl (C=O) groups is 4. The number of carbonyl (C=O) groups excluding carboxylic acids is 4. The zero-order chi connectivity index (χ0) is 85.6. The Morgan fingerprint density at radius 3 is 0.983 bits per heavy atom. The number of nitrogens with zero attached hydrogens (tertiary/aromatic N) is 7. The summed E-state index contributed by atoms with van der Waals surface area (Å²) in [5.41, 5.74) is 8.94. The van der Waals surface area contributed by atoms with Crippen molar-refractivity contribution in [1.29, 1.82) is 0 Å². The second kappa shape index (κ2) is 34.5. The fraction of sp³-hybridized carbons (Fsp3) is 0.494. The molecule has 12 aliphatic rings. The van der Waals surface area contributed by atoms with Crippen LogP contribution >= 0.6 is 0 Å². The summed E-state index contributed by atoms with van der Waals surface area (Å²) in [6.45, 7) is 23.9. The first kappa shape index (κ1) is 86.7. The van der Waals surface area contributed by atoms with Crippen LogP contribution in [0.5, 0.6) is 17.2 Å². The van der Waals surface area contributed by atoms with Crippen molar-refractivity contribution in [2.45, 2.75) is 218 Å². The van der Waals surface area contributed by atoms with Crippen molar-refractivity contribution in [3.8, 4) is 17.2 Å².